The molecule has 1 N–H and O–H groups in total. The van der Waals surface area contributed by atoms with Gasteiger partial charge in [0, 0.05) is 10.7 Å². The molecule has 8 heteroatoms. The lowest BCUT2D eigenvalue weighted by atomic mass is 10.2. The number of fused-ring (bicyclic) bond motifs is 1. The number of para-hydroxylation sites is 2. The van der Waals surface area contributed by atoms with Gasteiger partial charge in [-0.25, -0.2) is 4.98 Å². The second-order valence-electron chi connectivity index (χ2n) is 5.82. The topological polar surface area (TPSA) is 81.4 Å². The number of benzene rings is 2. The maximum absolute atomic E-state index is 12.2. The average molecular weight is 405 g/mol. The van der Waals surface area contributed by atoms with Crippen LogP contribution in [0, 0.1) is 6.92 Å². The first-order valence-electron chi connectivity index (χ1n) is 8.17. The van der Waals surface area contributed by atoms with Gasteiger partial charge in [-0.15, -0.1) is 0 Å². The standard InChI is InChI=1S/C19H17ClN2O4S/c1-11-7-8-13(20)9-15(11)21-18(24)12(2)25-17(23)10-27-19-22-14-5-3-4-6-16(14)26-19/h3-9,12H,10H2,1-2H3,(H,21,24)/t12-/m0/s1. The van der Waals surface area contributed by atoms with Crippen molar-refractivity contribution < 1.29 is 18.7 Å². The molecular formula is C19H17ClN2O4S. The predicted octanol–water partition coefficient (Wildman–Crippen LogP) is 4.45. The number of carbonyl (C=O) groups excluding carboxylic acids is 2. The van der Waals surface area contributed by atoms with Crippen LogP contribution in [-0.4, -0.2) is 28.7 Å². The van der Waals surface area contributed by atoms with Crippen LogP contribution >= 0.6 is 23.4 Å². The Labute approximate surface area is 165 Å². The van der Waals surface area contributed by atoms with Gasteiger partial charge in [-0.05, 0) is 43.7 Å². The fourth-order valence-electron chi connectivity index (χ4n) is 2.28. The number of nitrogens with one attached hydrogen (secondary N) is 1. The number of oxazole rings is 1. The van der Waals surface area contributed by atoms with E-state index in [2.05, 4.69) is 10.3 Å². The molecule has 3 rings (SSSR count). The Hall–Kier alpha value is -2.51. The zero-order valence-electron chi connectivity index (χ0n) is 14.7. The number of halogens is 1. The highest BCUT2D eigenvalue weighted by atomic mass is 35.5. The highest BCUT2D eigenvalue weighted by Gasteiger charge is 2.19. The third kappa shape index (κ3) is 5.02. The predicted molar refractivity (Wildman–Crippen MR) is 105 cm³/mol. The van der Waals surface area contributed by atoms with Gasteiger partial charge < -0.3 is 14.5 Å². The second kappa shape index (κ2) is 8.45. The van der Waals surface area contributed by atoms with E-state index in [0.717, 1.165) is 22.8 Å². The minimum absolute atomic E-state index is 0.0133. The zero-order valence-corrected chi connectivity index (χ0v) is 16.3. The van der Waals surface area contributed by atoms with Crippen LogP contribution in [0.5, 0.6) is 0 Å². The lowest BCUT2D eigenvalue weighted by molar-refractivity contribution is -0.150. The van der Waals surface area contributed by atoms with E-state index < -0.39 is 18.0 Å². The summed E-state index contributed by atoms with van der Waals surface area (Å²) in [4.78, 5) is 28.5. The van der Waals surface area contributed by atoms with Crippen molar-refractivity contribution in [3.8, 4) is 0 Å². The number of anilines is 1. The summed E-state index contributed by atoms with van der Waals surface area (Å²) in [7, 11) is 0. The number of carbonyl (C=O) groups is 2. The third-order valence-electron chi connectivity index (χ3n) is 3.72. The van der Waals surface area contributed by atoms with Gasteiger partial charge in [0.2, 0.25) is 0 Å². The van der Waals surface area contributed by atoms with E-state index in [4.69, 9.17) is 20.8 Å². The van der Waals surface area contributed by atoms with E-state index in [0.29, 0.717) is 21.5 Å². The summed E-state index contributed by atoms with van der Waals surface area (Å²) in [5, 5.41) is 3.59. The molecule has 6 nitrogen and oxygen atoms in total. The highest BCUT2D eigenvalue weighted by molar-refractivity contribution is 7.99. The van der Waals surface area contributed by atoms with Crippen LogP contribution in [0.3, 0.4) is 0 Å². The molecule has 2 aromatic carbocycles. The monoisotopic (exact) mass is 404 g/mol. The molecule has 3 aromatic rings. The van der Waals surface area contributed by atoms with Crippen LogP contribution in [0.4, 0.5) is 5.69 Å². The number of hydrogen-bond donors (Lipinski definition) is 1. The Balaban J connectivity index is 1.52. The van der Waals surface area contributed by atoms with E-state index in [9.17, 15) is 9.59 Å². The van der Waals surface area contributed by atoms with Gasteiger partial charge in [0.25, 0.3) is 11.1 Å². The molecule has 0 saturated carbocycles. The number of aromatic nitrogens is 1. The molecule has 0 fully saturated rings. The van der Waals surface area contributed by atoms with Gasteiger partial charge in [0.15, 0.2) is 11.7 Å². The van der Waals surface area contributed by atoms with Crippen LogP contribution in [0.15, 0.2) is 52.1 Å². The van der Waals surface area contributed by atoms with Crippen LogP contribution in [0.2, 0.25) is 5.02 Å². The molecule has 0 spiro atoms. The molecule has 0 radical (unpaired) electrons. The van der Waals surface area contributed by atoms with E-state index >= 15 is 0 Å². The number of aryl methyl sites for hydroxylation is 1. The van der Waals surface area contributed by atoms with Gasteiger partial charge in [0.05, 0.1) is 0 Å². The Bertz CT molecular complexity index is 956. The number of rotatable bonds is 6. The van der Waals surface area contributed by atoms with Gasteiger partial charge in [0.1, 0.15) is 11.3 Å². The van der Waals surface area contributed by atoms with Gasteiger partial charge in [-0.1, -0.05) is 41.6 Å². The Morgan fingerprint density at radius 3 is 2.85 bits per heavy atom. The maximum atomic E-state index is 12.2. The normalized spacial score (nSPS) is 12.0. The van der Waals surface area contributed by atoms with Crippen LogP contribution < -0.4 is 5.32 Å². The van der Waals surface area contributed by atoms with E-state index in [1.54, 1.807) is 24.3 Å². The Morgan fingerprint density at radius 2 is 2.07 bits per heavy atom. The number of nitrogens with zero attached hydrogens (tertiary/aromatic N) is 1. The quantitative estimate of drug-likeness (QED) is 0.482. The molecule has 0 aliphatic carbocycles. The number of ether oxygens (including phenoxy) is 1. The first-order chi connectivity index (χ1) is 12.9. The lowest BCUT2D eigenvalue weighted by Crippen LogP contribution is -2.30. The molecule has 1 heterocycles. The molecule has 0 aliphatic heterocycles. The van der Waals surface area contributed by atoms with E-state index in [-0.39, 0.29) is 5.75 Å². The van der Waals surface area contributed by atoms with Crippen molar-refractivity contribution in [3.05, 3.63) is 53.1 Å². The fraction of sp³-hybridized carbons (Fsp3) is 0.211. The molecule has 0 aliphatic rings. The molecule has 1 atom stereocenters. The third-order valence-corrected chi connectivity index (χ3v) is 4.76. The molecule has 1 amide bonds. The smallest absolute Gasteiger partial charge is 0.317 e. The molecular weight excluding hydrogens is 388 g/mol. The second-order valence-corrected chi connectivity index (χ2v) is 7.18. The van der Waals surface area contributed by atoms with Gasteiger partial charge in [-0.2, -0.15) is 0 Å². The fourth-order valence-corrected chi connectivity index (χ4v) is 3.07. The summed E-state index contributed by atoms with van der Waals surface area (Å²) < 4.78 is 10.7. The molecule has 0 unspecified atom stereocenters. The van der Waals surface area contributed by atoms with Crippen LogP contribution in [0.1, 0.15) is 12.5 Å². The molecule has 140 valence electrons. The van der Waals surface area contributed by atoms with Gasteiger partial charge in [-0.3, -0.25) is 9.59 Å². The first-order valence-corrected chi connectivity index (χ1v) is 9.53. The Morgan fingerprint density at radius 1 is 1.30 bits per heavy atom. The minimum Gasteiger partial charge on any atom is -0.452 e. The lowest BCUT2D eigenvalue weighted by Gasteiger charge is -2.14. The summed E-state index contributed by atoms with van der Waals surface area (Å²) in [6.45, 7) is 3.36. The summed E-state index contributed by atoms with van der Waals surface area (Å²) in [6, 6.07) is 12.5. The molecule has 0 saturated heterocycles. The first kappa shape index (κ1) is 19.3. The van der Waals surface area contributed by atoms with Crippen molar-refractivity contribution in [2.75, 3.05) is 11.1 Å². The summed E-state index contributed by atoms with van der Waals surface area (Å²) >= 11 is 7.05. The van der Waals surface area contributed by atoms with Gasteiger partial charge >= 0.3 is 5.97 Å². The van der Waals surface area contributed by atoms with E-state index in [1.165, 1.54) is 6.92 Å². The Kier molecular flexibility index (Phi) is 6.03. The highest BCUT2D eigenvalue weighted by Crippen LogP contribution is 2.23. The molecule has 1 aromatic heterocycles. The summed E-state index contributed by atoms with van der Waals surface area (Å²) in [5.41, 5.74) is 2.81. The van der Waals surface area contributed by atoms with Crippen molar-refractivity contribution in [2.24, 2.45) is 0 Å². The summed E-state index contributed by atoms with van der Waals surface area (Å²) in [5.74, 6) is -0.978. The van der Waals surface area contributed by atoms with E-state index in [1.807, 2.05) is 25.1 Å². The summed E-state index contributed by atoms with van der Waals surface area (Å²) in [6.07, 6.45) is -0.944. The van der Waals surface area contributed by atoms with Crippen molar-refractivity contribution in [2.45, 2.75) is 25.2 Å². The number of thioether (sulfide) groups is 1. The van der Waals surface area contributed by atoms with Crippen molar-refractivity contribution in [1.82, 2.24) is 4.98 Å². The van der Waals surface area contributed by atoms with Crippen molar-refractivity contribution in [3.63, 3.8) is 0 Å². The maximum Gasteiger partial charge on any atom is 0.317 e. The van der Waals surface area contributed by atoms with Crippen molar-refractivity contribution >= 4 is 52.0 Å². The SMILES string of the molecule is Cc1ccc(Cl)cc1NC(=O)[C@H](C)OC(=O)CSc1nc2ccccc2o1. The van der Waals surface area contributed by atoms with Crippen molar-refractivity contribution in [1.29, 1.82) is 0 Å². The molecule has 27 heavy (non-hydrogen) atoms. The van der Waals surface area contributed by atoms with Crippen LogP contribution in [0.25, 0.3) is 11.1 Å². The zero-order chi connectivity index (χ0) is 19.4. The average Bonchev–Trinajstić information content (AvgIpc) is 3.06. The minimum atomic E-state index is -0.944. The number of amides is 1. The number of esters is 1. The van der Waals surface area contributed by atoms with Crippen LogP contribution in [-0.2, 0) is 14.3 Å². The largest absolute Gasteiger partial charge is 0.452 e. The molecule has 0 bridgehead atoms. The number of hydrogen-bond acceptors (Lipinski definition) is 6.